The fourth-order valence-electron chi connectivity index (χ4n) is 3.14. The molecule has 0 aromatic heterocycles. The lowest BCUT2D eigenvalue weighted by molar-refractivity contribution is 0.248. The first kappa shape index (κ1) is 14.5. The van der Waals surface area contributed by atoms with Gasteiger partial charge in [0.25, 0.3) is 0 Å². The molecule has 20 heavy (non-hydrogen) atoms. The molecular weight excluding hydrogens is 295 g/mol. The number of hydrogen-bond donors (Lipinski definition) is 1. The van der Waals surface area contributed by atoms with Crippen molar-refractivity contribution >= 4 is 23.2 Å². The molecule has 0 spiro atoms. The molecule has 2 unspecified atom stereocenters. The average Bonchev–Trinajstić information content (AvgIpc) is 2.82. The molecule has 1 aromatic carbocycles. The van der Waals surface area contributed by atoms with Crippen LogP contribution in [0.5, 0.6) is 5.75 Å². The average molecular weight is 315 g/mol. The fourth-order valence-corrected chi connectivity index (χ4v) is 3.70. The molecule has 3 rings (SSSR count). The van der Waals surface area contributed by atoms with E-state index in [1.807, 2.05) is 6.07 Å². The van der Waals surface area contributed by atoms with Crippen molar-refractivity contribution in [2.24, 2.45) is 5.92 Å². The first-order valence-corrected chi connectivity index (χ1v) is 7.92. The van der Waals surface area contributed by atoms with Gasteiger partial charge in [0.15, 0.2) is 0 Å². The second-order valence-electron chi connectivity index (χ2n) is 5.82. The van der Waals surface area contributed by atoms with Gasteiger partial charge in [0.05, 0.1) is 11.6 Å². The quantitative estimate of drug-likeness (QED) is 0.926. The number of hydrogen-bond acceptors (Lipinski definition) is 3. The van der Waals surface area contributed by atoms with Gasteiger partial charge in [-0.15, -0.1) is 0 Å². The topological polar surface area (TPSA) is 24.5 Å². The highest BCUT2D eigenvalue weighted by atomic mass is 35.5. The van der Waals surface area contributed by atoms with E-state index >= 15 is 0 Å². The summed E-state index contributed by atoms with van der Waals surface area (Å²) in [6.45, 7) is 4.13. The zero-order chi connectivity index (χ0) is 14.1. The predicted octanol–water partition coefficient (Wildman–Crippen LogP) is 3.36. The molecule has 2 aliphatic heterocycles. The molecule has 2 aliphatic rings. The Balaban J connectivity index is 1.70. The van der Waals surface area contributed by atoms with Crippen LogP contribution in [0.4, 0.5) is 0 Å². The number of rotatable bonds is 3. The maximum Gasteiger partial charge on any atom is 0.142 e. The first-order chi connectivity index (χ1) is 9.63. The molecule has 0 bridgehead atoms. The fraction of sp³-hybridized carbons (Fsp3) is 0.600. The third-order valence-corrected chi connectivity index (χ3v) is 4.71. The summed E-state index contributed by atoms with van der Waals surface area (Å²) < 4.78 is 5.69. The maximum absolute atomic E-state index is 6.22. The summed E-state index contributed by atoms with van der Waals surface area (Å²) >= 11 is 12.3. The van der Waals surface area contributed by atoms with Crippen molar-refractivity contribution in [2.75, 3.05) is 33.3 Å². The molecule has 3 nitrogen and oxygen atoms in total. The highest BCUT2D eigenvalue weighted by molar-refractivity contribution is 6.35. The highest BCUT2D eigenvalue weighted by Crippen LogP contribution is 2.40. The van der Waals surface area contributed by atoms with Crippen molar-refractivity contribution in [3.63, 3.8) is 0 Å². The number of nitrogens with one attached hydrogen (secondary N) is 1. The number of likely N-dealkylation sites (tertiary alicyclic amines) is 1. The summed E-state index contributed by atoms with van der Waals surface area (Å²) in [5.74, 6) is 1.53. The van der Waals surface area contributed by atoms with Crippen LogP contribution in [0.2, 0.25) is 10.0 Å². The van der Waals surface area contributed by atoms with Crippen molar-refractivity contribution < 1.29 is 4.74 Å². The van der Waals surface area contributed by atoms with E-state index in [1.54, 1.807) is 6.07 Å². The lowest BCUT2D eigenvalue weighted by atomic mass is 9.99. The largest absolute Gasteiger partial charge is 0.492 e. The molecule has 1 fully saturated rings. The number of fused-ring (bicyclic) bond motifs is 1. The minimum atomic E-state index is 0.292. The van der Waals surface area contributed by atoms with Gasteiger partial charge in [-0.2, -0.15) is 0 Å². The van der Waals surface area contributed by atoms with E-state index < -0.39 is 0 Å². The van der Waals surface area contributed by atoms with Crippen molar-refractivity contribution in [2.45, 2.75) is 18.9 Å². The van der Waals surface area contributed by atoms with E-state index in [0.717, 1.165) is 30.2 Å². The van der Waals surface area contributed by atoms with Gasteiger partial charge in [0.2, 0.25) is 0 Å². The Morgan fingerprint density at radius 1 is 1.35 bits per heavy atom. The van der Waals surface area contributed by atoms with Gasteiger partial charge in [-0.25, -0.2) is 0 Å². The van der Waals surface area contributed by atoms with Crippen molar-refractivity contribution in [1.29, 1.82) is 0 Å². The molecule has 110 valence electrons. The Bertz CT molecular complexity index is 495. The van der Waals surface area contributed by atoms with Gasteiger partial charge in [-0.05, 0) is 44.6 Å². The summed E-state index contributed by atoms with van der Waals surface area (Å²) in [6.07, 6.45) is 2.24. The van der Waals surface area contributed by atoms with Crippen LogP contribution in [0.3, 0.4) is 0 Å². The third-order valence-electron chi connectivity index (χ3n) is 4.21. The van der Waals surface area contributed by atoms with E-state index in [1.165, 1.54) is 19.5 Å². The van der Waals surface area contributed by atoms with Crippen LogP contribution in [0.15, 0.2) is 12.1 Å². The molecular formula is C15H20Cl2N2O. The Morgan fingerprint density at radius 2 is 2.20 bits per heavy atom. The predicted molar refractivity (Wildman–Crippen MR) is 82.9 cm³/mol. The van der Waals surface area contributed by atoms with Gasteiger partial charge in [0.1, 0.15) is 5.75 Å². The van der Waals surface area contributed by atoms with Gasteiger partial charge < -0.3 is 15.0 Å². The van der Waals surface area contributed by atoms with Crippen LogP contribution in [-0.2, 0) is 0 Å². The van der Waals surface area contributed by atoms with Gasteiger partial charge in [-0.1, -0.05) is 23.2 Å². The molecule has 2 atom stereocenters. The smallest absolute Gasteiger partial charge is 0.142 e. The van der Waals surface area contributed by atoms with E-state index in [2.05, 4.69) is 17.3 Å². The SMILES string of the molecule is CN1CCC(CNC2CCOc3c(Cl)cc(Cl)cc32)C1. The van der Waals surface area contributed by atoms with E-state index in [0.29, 0.717) is 22.7 Å². The van der Waals surface area contributed by atoms with Crippen LogP contribution in [0, 0.1) is 5.92 Å². The van der Waals surface area contributed by atoms with Crippen molar-refractivity contribution in [1.82, 2.24) is 10.2 Å². The summed E-state index contributed by atoms with van der Waals surface area (Å²) in [5, 5.41) is 4.95. The number of benzene rings is 1. The summed E-state index contributed by atoms with van der Waals surface area (Å²) in [7, 11) is 2.18. The van der Waals surface area contributed by atoms with Crippen LogP contribution in [0.1, 0.15) is 24.4 Å². The van der Waals surface area contributed by atoms with Crippen molar-refractivity contribution in [3.8, 4) is 5.75 Å². The zero-order valence-corrected chi connectivity index (χ0v) is 13.2. The lowest BCUT2D eigenvalue weighted by Crippen LogP contribution is -2.32. The minimum Gasteiger partial charge on any atom is -0.492 e. The lowest BCUT2D eigenvalue weighted by Gasteiger charge is -2.28. The third kappa shape index (κ3) is 3.06. The monoisotopic (exact) mass is 314 g/mol. The maximum atomic E-state index is 6.22. The molecule has 0 radical (unpaired) electrons. The number of halogens is 2. The van der Waals surface area contributed by atoms with Crippen molar-refractivity contribution in [3.05, 3.63) is 27.7 Å². The van der Waals surface area contributed by atoms with Crippen LogP contribution < -0.4 is 10.1 Å². The van der Waals surface area contributed by atoms with E-state index in [4.69, 9.17) is 27.9 Å². The molecule has 0 aliphatic carbocycles. The number of ether oxygens (including phenoxy) is 1. The van der Waals surface area contributed by atoms with E-state index in [9.17, 15) is 0 Å². The minimum absolute atomic E-state index is 0.292. The zero-order valence-electron chi connectivity index (χ0n) is 11.7. The molecule has 1 N–H and O–H groups in total. The van der Waals surface area contributed by atoms with E-state index in [-0.39, 0.29) is 0 Å². The Kier molecular flexibility index (Phi) is 4.41. The summed E-state index contributed by atoms with van der Waals surface area (Å²) in [5.41, 5.74) is 1.10. The molecule has 1 aromatic rings. The van der Waals surface area contributed by atoms with Gasteiger partial charge in [-0.3, -0.25) is 0 Å². The standard InChI is InChI=1S/C15H20Cl2N2O/c1-19-4-2-10(9-19)8-18-14-3-5-20-15-12(14)6-11(16)7-13(15)17/h6-7,10,14,18H,2-5,8-9H2,1H3. The Labute approximate surface area is 130 Å². The molecule has 1 saturated heterocycles. The highest BCUT2D eigenvalue weighted by Gasteiger charge is 2.26. The normalized spacial score (nSPS) is 26.4. The van der Waals surface area contributed by atoms with Crippen LogP contribution >= 0.6 is 23.2 Å². The van der Waals surface area contributed by atoms with Gasteiger partial charge in [0, 0.05) is 29.6 Å². The van der Waals surface area contributed by atoms with Crippen LogP contribution in [0.25, 0.3) is 0 Å². The Hall–Kier alpha value is -0.480. The van der Waals surface area contributed by atoms with Gasteiger partial charge >= 0.3 is 0 Å². The molecule has 0 amide bonds. The second kappa shape index (κ2) is 6.10. The molecule has 2 heterocycles. The first-order valence-electron chi connectivity index (χ1n) is 7.17. The summed E-state index contributed by atoms with van der Waals surface area (Å²) in [4.78, 5) is 2.39. The second-order valence-corrected chi connectivity index (χ2v) is 6.66. The molecule has 5 heteroatoms. The number of nitrogens with zero attached hydrogens (tertiary/aromatic N) is 1. The summed E-state index contributed by atoms with van der Waals surface area (Å²) in [6, 6.07) is 4.01. The molecule has 0 saturated carbocycles. The Morgan fingerprint density at radius 3 is 2.95 bits per heavy atom. The van der Waals surface area contributed by atoms with Crippen LogP contribution in [-0.4, -0.2) is 38.2 Å².